The van der Waals surface area contributed by atoms with E-state index in [1.165, 1.54) is 6.42 Å². The van der Waals surface area contributed by atoms with Crippen LogP contribution in [0.2, 0.25) is 5.28 Å². The standard InChI is InChI=1S/C12H20ClN5O/c1-2-14-11-15-10(13)16-12(17-11)18-7-5-3-4-6-9(18)8-19/h9,19H,2-8H2,1H3,(H,14,15,16,17). The number of anilines is 2. The Labute approximate surface area is 118 Å². The predicted molar refractivity (Wildman–Crippen MR) is 75.7 cm³/mol. The van der Waals surface area contributed by atoms with Gasteiger partial charge in [-0.25, -0.2) is 0 Å². The molecule has 1 unspecified atom stereocenters. The van der Waals surface area contributed by atoms with Gasteiger partial charge >= 0.3 is 0 Å². The van der Waals surface area contributed by atoms with Crippen molar-refractivity contribution in [2.45, 2.75) is 38.6 Å². The first kappa shape index (κ1) is 14.3. The molecule has 1 aliphatic heterocycles. The van der Waals surface area contributed by atoms with Crippen molar-refractivity contribution in [1.82, 2.24) is 15.0 Å². The van der Waals surface area contributed by atoms with E-state index in [-0.39, 0.29) is 17.9 Å². The van der Waals surface area contributed by atoms with Crippen LogP contribution in [0.25, 0.3) is 0 Å². The number of aliphatic hydroxyl groups is 1. The first-order valence-corrected chi connectivity index (χ1v) is 7.15. The number of aromatic nitrogens is 3. The Bertz CT molecular complexity index is 417. The van der Waals surface area contributed by atoms with E-state index in [4.69, 9.17) is 11.6 Å². The third-order valence-electron chi connectivity index (χ3n) is 3.28. The predicted octanol–water partition coefficient (Wildman–Crippen LogP) is 1.70. The molecule has 0 radical (unpaired) electrons. The van der Waals surface area contributed by atoms with Crippen LogP contribution in [-0.2, 0) is 0 Å². The first-order chi connectivity index (χ1) is 9.24. The maximum atomic E-state index is 9.53. The van der Waals surface area contributed by atoms with Crippen molar-refractivity contribution in [2.75, 3.05) is 29.9 Å². The highest BCUT2D eigenvalue weighted by Gasteiger charge is 2.23. The normalized spacial score (nSPS) is 20.2. The maximum Gasteiger partial charge on any atom is 0.231 e. The molecule has 2 heterocycles. The van der Waals surface area contributed by atoms with Crippen molar-refractivity contribution in [3.63, 3.8) is 0 Å². The molecule has 0 aliphatic carbocycles. The molecule has 1 saturated heterocycles. The third-order valence-corrected chi connectivity index (χ3v) is 3.45. The van der Waals surface area contributed by atoms with Crippen molar-refractivity contribution in [1.29, 1.82) is 0 Å². The lowest BCUT2D eigenvalue weighted by Crippen LogP contribution is -2.39. The van der Waals surface area contributed by atoms with Crippen LogP contribution in [0.1, 0.15) is 32.6 Å². The minimum absolute atomic E-state index is 0.0652. The maximum absolute atomic E-state index is 9.53. The molecule has 0 saturated carbocycles. The van der Waals surface area contributed by atoms with Gasteiger partial charge in [0.1, 0.15) is 0 Å². The topological polar surface area (TPSA) is 74.2 Å². The van der Waals surface area contributed by atoms with Crippen LogP contribution in [0.5, 0.6) is 0 Å². The Hall–Kier alpha value is -1.14. The van der Waals surface area contributed by atoms with Crippen molar-refractivity contribution in [3.05, 3.63) is 5.28 Å². The lowest BCUT2D eigenvalue weighted by atomic mass is 10.1. The van der Waals surface area contributed by atoms with Crippen molar-refractivity contribution >= 4 is 23.5 Å². The Kier molecular flexibility index (Phi) is 5.15. The summed E-state index contributed by atoms with van der Waals surface area (Å²) in [6.45, 7) is 3.65. The number of aliphatic hydroxyl groups excluding tert-OH is 1. The zero-order valence-corrected chi connectivity index (χ0v) is 11.9. The molecule has 6 nitrogen and oxygen atoms in total. The Morgan fingerprint density at radius 3 is 2.89 bits per heavy atom. The molecule has 0 amide bonds. The van der Waals surface area contributed by atoms with E-state index >= 15 is 0 Å². The quantitative estimate of drug-likeness (QED) is 0.877. The van der Waals surface area contributed by atoms with Crippen LogP contribution in [0.3, 0.4) is 0 Å². The Morgan fingerprint density at radius 1 is 1.32 bits per heavy atom. The van der Waals surface area contributed by atoms with Crippen LogP contribution in [-0.4, -0.2) is 45.8 Å². The van der Waals surface area contributed by atoms with Crippen molar-refractivity contribution in [2.24, 2.45) is 0 Å². The second-order valence-corrected chi connectivity index (χ2v) is 4.98. The Morgan fingerprint density at radius 2 is 2.16 bits per heavy atom. The molecule has 19 heavy (non-hydrogen) atoms. The summed E-state index contributed by atoms with van der Waals surface area (Å²) in [5.74, 6) is 1.04. The molecular formula is C12H20ClN5O. The number of hydrogen-bond donors (Lipinski definition) is 2. The summed E-state index contributed by atoms with van der Waals surface area (Å²) in [5.41, 5.74) is 0. The zero-order valence-electron chi connectivity index (χ0n) is 11.1. The molecule has 0 aromatic carbocycles. The summed E-state index contributed by atoms with van der Waals surface area (Å²) in [7, 11) is 0. The minimum atomic E-state index is 0.0652. The summed E-state index contributed by atoms with van der Waals surface area (Å²) in [6, 6.07) is 0.0652. The molecule has 0 bridgehead atoms. The van der Waals surface area contributed by atoms with Crippen molar-refractivity contribution in [3.8, 4) is 0 Å². The fourth-order valence-electron chi connectivity index (χ4n) is 2.34. The summed E-state index contributed by atoms with van der Waals surface area (Å²) in [4.78, 5) is 14.7. The minimum Gasteiger partial charge on any atom is -0.394 e. The molecule has 106 valence electrons. The number of rotatable bonds is 4. The van der Waals surface area contributed by atoms with E-state index in [0.717, 1.165) is 32.4 Å². The van der Waals surface area contributed by atoms with Crippen LogP contribution in [0.15, 0.2) is 0 Å². The highest BCUT2D eigenvalue weighted by molar-refractivity contribution is 6.28. The van der Waals surface area contributed by atoms with E-state index in [2.05, 4.69) is 20.3 Å². The van der Waals surface area contributed by atoms with Crippen LogP contribution >= 0.6 is 11.6 Å². The summed E-state index contributed by atoms with van der Waals surface area (Å²) >= 11 is 5.95. The molecule has 1 aliphatic rings. The Balaban J connectivity index is 2.26. The van der Waals surface area contributed by atoms with Crippen LogP contribution < -0.4 is 10.2 Å². The van der Waals surface area contributed by atoms with Crippen LogP contribution in [0, 0.1) is 0 Å². The third kappa shape index (κ3) is 3.67. The first-order valence-electron chi connectivity index (χ1n) is 6.77. The average molecular weight is 286 g/mol. The summed E-state index contributed by atoms with van der Waals surface area (Å²) in [5, 5.41) is 12.8. The number of nitrogens with zero attached hydrogens (tertiary/aromatic N) is 4. The van der Waals surface area contributed by atoms with Gasteiger partial charge in [-0.3, -0.25) is 0 Å². The number of halogens is 1. The van der Waals surface area contributed by atoms with Gasteiger partial charge in [0.15, 0.2) is 0 Å². The lowest BCUT2D eigenvalue weighted by Gasteiger charge is -2.28. The average Bonchev–Trinajstić information content (AvgIpc) is 2.63. The highest BCUT2D eigenvalue weighted by atomic mass is 35.5. The highest BCUT2D eigenvalue weighted by Crippen LogP contribution is 2.22. The van der Waals surface area contributed by atoms with Crippen molar-refractivity contribution < 1.29 is 5.11 Å². The second-order valence-electron chi connectivity index (χ2n) is 4.64. The molecule has 1 aromatic heterocycles. The monoisotopic (exact) mass is 285 g/mol. The molecule has 1 fully saturated rings. The largest absolute Gasteiger partial charge is 0.394 e. The van der Waals surface area contributed by atoms with Gasteiger partial charge in [0.25, 0.3) is 0 Å². The van der Waals surface area contributed by atoms with Gasteiger partial charge in [0, 0.05) is 13.1 Å². The molecule has 0 spiro atoms. The van der Waals surface area contributed by atoms with E-state index in [1.54, 1.807) is 0 Å². The van der Waals surface area contributed by atoms with E-state index < -0.39 is 0 Å². The molecular weight excluding hydrogens is 266 g/mol. The van der Waals surface area contributed by atoms with Crippen LogP contribution in [0.4, 0.5) is 11.9 Å². The summed E-state index contributed by atoms with van der Waals surface area (Å²) < 4.78 is 0. The lowest BCUT2D eigenvalue weighted by molar-refractivity contribution is 0.254. The van der Waals surface area contributed by atoms with Gasteiger partial charge in [-0.2, -0.15) is 15.0 Å². The van der Waals surface area contributed by atoms with E-state index in [1.807, 2.05) is 11.8 Å². The van der Waals surface area contributed by atoms with Gasteiger partial charge in [0.05, 0.1) is 12.6 Å². The molecule has 2 N–H and O–H groups in total. The van der Waals surface area contributed by atoms with Gasteiger partial charge in [-0.15, -0.1) is 0 Å². The second kappa shape index (κ2) is 6.86. The molecule has 1 atom stereocenters. The van der Waals surface area contributed by atoms with E-state index in [9.17, 15) is 5.11 Å². The number of hydrogen-bond acceptors (Lipinski definition) is 6. The van der Waals surface area contributed by atoms with Gasteiger partial charge in [0.2, 0.25) is 17.2 Å². The zero-order chi connectivity index (χ0) is 13.7. The summed E-state index contributed by atoms with van der Waals surface area (Å²) in [6.07, 6.45) is 4.33. The number of nitrogens with one attached hydrogen (secondary N) is 1. The van der Waals surface area contributed by atoms with Gasteiger partial charge in [-0.1, -0.05) is 12.8 Å². The van der Waals surface area contributed by atoms with Gasteiger partial charge < -0.3 is 15.3 Å². The fourth-order valence-corrected chi connectivity index (χ4v) is 2.49. The molecule has 7 heteroatoms. The fraction of sp³-hybridized carbons (Fsp3) is 0.750. The molecule has 1 aromatic rings. The molecule has 2 rings (SSSR count). The smallest absolute Gasteiger partial charge is 0.231 e. The SMILES string of the molecule is CCNc1nc(Cl)nc(N2CCCCCC2CO)n1. The van der Waals surface area contributed by atoms with Gasteiger partial charge in [-0.05, 0) is 31.4 Å². The van der Waals surface area contributed by atoms with E-state index in [0.29, 0.717) is 11.9 Å².